The molecule has 9 aromatic carbocycles. The number of ether oxygens (including phenoxy) is 2. The van der Waals surface area contributed by atoms with Crippen molar-refractivity contribution in [2.45, 2.75) is 25.7 Å². The average Bonchev–Trinajstić information content (AvgIpc) is 3.36. The molecule has 0 aromatic heterocycles. The molecule has 0 amide bonds. The second kappa shape index (κ2) is 19.0. The highest BCUT2D eigenvalue weighted by molar-refractivity contribution is 6.00. The Labute approximate surface area is 374 Å². The van der Waals surface area contributed by atoms with E-state index in [-0.39, 0.29) is 11.9 Å². The van der Waals surface area contributed by atoms with E-state index >= 15 is 0 Å². The Balaban J connectivity index is 0.976. The van der Waals surface area contributed by atoms with Crippen molar-refractivity contribution in [3.05, 3.63) is 217 Å². The van der Waals surface area contributed by atoms with Crippen molar-refractivity contribution in [1.82, 2.24) is 0 Å². The summed E-state index contributed by atoms with van der Waals surface area (Å²) in [5.74, 6) is -0.416. The summed E-state index contributed by atoms with van der Waals surface area (Å²) in [5.41, 5.74) is 13.0. The van der Waals surface area contributed by atoms with E-state index in [9.17, 15) is 9.59 Å². The van der Waals surface area contributed by atoms with Gasteiger partial charge in [0.1, 0.15) is 0 Å². The number of hydrogen-bond acceptors (Lipinski definition) is 6. The van der Waals surface area contributed by atoms with Crippen molar-refractivity contribution in [3.63, 3.8) is 0 Å². The van der Waals surface area contributed by atoms with Gasteiger partial charge in [0.15, 0.2) is 0 Å². The minimum Gasteiger partial charge on any atom is -0.469 e. The molecule has 0 aliphatic rings. The van der Waals surface area contributed by atoms with E-state index in [1.54, 1.807) is 0 Å². The molecule has 0 aliphatic carbocycles. The molecule has 0 saturated heterocycles. The Kier molecular flexibility index (Phi) is 12.3. The molecule has 0 radical (unpaired) electrons. The van der Waals surface area contributed by atoms with Crippen molar-refractivity contribution in [3.8, 4) is 22.3 Å². The molecule has 64 heavy (non-hydrogen) atoms. The van der Waals surface area contributed by atoms with Crippen LogP contribution in [0.15, 0.2) is 206 Å². The minimum atomic E-state index is -0.208. The number of hydrogen-bond donors (Lipinski definition) is 0. The number of rotatable bonds is 14. The number of nitrogens with zero attached hydrogens (tertiary/aromatic N) is 2. The van der Waals surface area contributed by atoms with Gasteiger partial charge in [0.05, 0.1) is 25.6 Å². The lowest BCUT2D eigenvalue weighted by atomic mass is 9.99. The van der Waals surface area contributed by atoms with Crippen molar-refractivity contribution < 1.29 is 19.1 Å². The van der Waals surface area contributed by atoms with E-state index in [4.69, 9.17) is 9.47 Å². The number of aryl methyl sites for hydroxylation is 2. The minimum absolute atomic E-state index is 0.208. The van der Waals surface area contributed by atoms with Gasteiger partial charge in [0.2, 0.25) is 0 Å². The Bertz CT molecular complexity index is 2810. The predicted molar refractivity (Wildman–Crippen MR) is 262 cm³/mol. The molecule has 0 heterocycles. The first-order chi connectivity index (χ1) is 31.4. The summed E-state index contributed by atoms with van der Waals surface area (Å²) in [7, 11) is 2.85. The van der Waals surface area contributed by atoms with Crippen LogP contribution in [0, 0.1) is 0 Å². The van der Waals surface area contributed by atoms with Gasteiger partial charge in [-0.15, -0.1) is 0 Å². The number of esters is 2. The molecule has 0 atom stereocenters. The van der Waals surface area contributed by atoms with Crippen LogP contribution in [0.2, 0.25) is 0 Å². The van der Waals surface area contributed by atoms with Crippen LogP contribution in [-0.2, 0) is 31.9 Å². The number of benzene rings is 9. The Morgan fingerprint density at radius 2 is 0.656 bits per heavy atom. The third-order valence-electron chi connectivity index (χ3n) is 11.9. The predicted octanol–water partition coefficient (Wildman–Crippen LogP) is 14.5. The summed E-state index contributed by atoms with van der Waals surface area (Å²) >= 11 is 0. The quantitative estimate of drug-likeness (QED) is 0.102. The van der Waals surface area contributed by atoms with Crippen LogP contribution >= 0.6 is 0 Å². The molecule has 0 spiro atoms. The van der Waals surface area contributed by atoms with Crippen molar-refractivity contribution in [1.29, 1.82) is 0 Å². The fourth-order valence-corrected chi connectivity index (χ4v) is 8.44. The summed E-state index contributed by atoms with van der Waals surface area (Å²) in [6.45, 7) is 0. The van der Waals surface area contributed by atoms with Crippen LogP contribution in [0.1, 0.15) is 24.0 Å². The van der Waals surface area contributed by atoms with Gasteiger partial charge in [-0.2, -0.15) is 0 Å². The lowest BCUT2D eigenvalue weighted by Crippen LogP contribution is -2.10. The van der Waals surface area contributed by atoms with Crippen LogP contribution < -0.4 is 9.80 Å². The molecule has 0 bridgehead atoms. The van der Waals surface area contributed by atoms with E-state index in [1.807, 2.05) is 0 Å². The zero-order chi connectivity index (χ0) is 43.8. The highest BCUT2D eigenvalue weighted by Crippen LogP contribution is 2.42. The molecular formula is C58H48N2O4. The number of carbonyl (C=O) groups is 2. The van der Waals surface area contributed by atoms with Gasteiger partial charge in [-0.25, -0.2) is 0 Å². The summed E-state index contributed by atoms with van der Waals surface area (Å²) in [6, 6.07) is 73.0. The molecule has 0 unspecified atom stereocenters. The monoisotopic (exact) mass is 836 g/mol. The van der Waals surface area contributed by atoms with Crippen LogP contribution in [-0.4, -0.2) is 26.2 Å². The standard InChI is InChI=1S/C58H48N2O4/c1-63-57(61)39-21-41-17-31-49(32-18-41)59(55-15-7-11-47-9-3-5-13-53(47)55)51-35-27-45(28-36-51)43-23-25-44(26-24-43)46-29-37-52(38-30-46)60(56-16-8-12-48-10-4-6-14-54(48)56)50-33-19-42(20-34-50)22-40-58(62)64-2/h3-20,23-38H,21-22,39-40H2,1-2H3. The van der Waals surface area contributed by atoms with Gasteiger partial charge in [0.25, 0.3) is 0 Å². The van der Waals surface area contributed by atoms with Crippen LogP contribution in [0.5, 0.6) is 0 Å². The summed E-state index contributed by atoms with van der Waals surface area (Å²) in [4.78, 5) is 28.2. The summed E-state index contributed by atoms with van der Waals surface area (Å²) in [5, 5.41) is 4.67. The first-order valence-electron chi connectivity index (χ1n) is 21.6. The third kappa shape index (κ3) is 8.99. The first-order valence-corrected chi connectivity index (χ1v) is 21.6. The highest BCUT2D eigenvalue weighted by atomic mass is 16.5. The lowest BCUT2D eigenvalue weighted by molar-refractivity contribution is -0.141. The van der Waals surface area contributed by atoms with E-state index in [2.05, 4.69) is 216 Å². The van der Waals surface area contributed by atoms with Gasteiger partial charge in [-0.1, -0.05) is 146 Å². The number of methoxy groups -OCH3 is 2. The van der Waals surface area contributed by atoms with Crippen LogP contribution in [0.25, 0.3) is 43.8 Å². The second-order valence-corrected chi connectivity index (χ2v) is 15.8. The molecule has 6 nitrogen and oxygen atoms in total. The maximum Gasteiger partial charge on any atom is 0.305 e. The molecule has 314 valence electrons. The van der Waals surface area contributed by atoms with Crippen molar-refractivity contribution in [2.24, 2.45) is 0 Å². The number of anilines is 6. The zero-order valence-electron chi connectivity index (χ0n) is 36.0. The summed E-state index contributed by atoms with van der Waals surface area (Å²) < 4.78 is 9.72. The number of fused-ring (bicyclic) bond motifs is 2. The lowest BCUT2D eigenvalue weighted by Gasteiger charge is -2.27. The maximum atomic E-state index is 11.8. The normalized spacial score (nSPS) is 11.0. The van der Waals surface area contributed by atoms with Gasteiger partial charge >= 0.3 is 11.9 Å². The van der Waals surface area contributed by atoms with Crippen molar-refractivity contribution >= 4 is 67.6 Å². The molecule has 0 fully saturated rings. The molecule has 0 saturated carbocycles. The molecule has 9 rings (SSSR count). The molecular weight excluding hydrogens is 789 g/mol. The fourth-order valence-electron chi connectivity index (χ4n) is 8.44. The highest BCUT2D eigenvalue weighted by Gasteiger charge is 2.18. The van der Waals surface area contributed by atoms with Gasteiger partial charge in [0, 0.05) is 46.4 Å². The first kappa shape index (κ1) is 41.4. The summed E-state index contributed by atoms with van der Waals surface area (Å²) in [6.07, 6.45) is 1.95. The zero-order valence-corrected chi connectivity index (χ0v) is 36.0. The van der Waals surface area contributed by atoms with Crippen molar-refractivity contribution in [2.75, 3.05) is 24.0 Å². The van der Waals surface area contributed by atoms with Crippen LogP contribution in [0.3, 0.4) is 0 Å². The SMILES string of the molecule is COC(=O)CCc1ccc(N(c2ccc(-c3ccc(-c4ccc(N(c5ccc(CCC(=O)OC)cc5)c5cccc6ccccc56)cc4)cc3)cc2)c2cccc3ccccc23)cc1. The molecule has 9 aromatic rings. The Morgan fingerprint density at radius 3 is 1.00 bits per heavy atom. The average molecular weight is 837 g/mol. The van der Waals surface area contributed by atoms with E-state index < -0.39 is 0 Å². The van der Waals surface area contributed by atoms with Gasteiger partial charge in [-0.05, 0) is 118 Å². The maximum absolute atomic E-state index is 11.8. The Morgan fingerprint density at radius 1 is 0.359 bits per heavy atom. The smallest absolute Gasteiger partial charge is 0.305 e. The van der Waals surface area contributed by atoms with Gasteiger partial charge < -0.3 is 19.3 Å². The van der Waals surface area contributed by atoms with E-state index in [0.29, 0.717) is 25.7 Å². The molecule has 0 N–H and O–H groups in total. The molecule has 0 aliphatic heterocycles. The fraction of sp³-hybridized carbons (Fsp3) is 0.103. The second-order valence-electron chi connectivity index (χ2n) is 15.8. The number of carbonyl (C=O) groups excluding carboxylic acids is 2. The third-order valence-corrected chi connectivity index (χ3v) is 11.9. The largest absolute Gasteiger partial charge is 0.469 e. The van der Waals surface area contributed by atoms with Crippen LogP contribution in [0.4, 0.5) is 34.1 Å². The topological polar surface area (TPSA) is 59.1 Å². The van der Waals surface area contributed by atoms with Gasteiger partial charge in [-0.3, -0.25) is 9.59 Å². The Hall–Kier alpha value is -7.96. The van der Waals surface area contributed by atoms with E-state index in [1.165, 1.54) is 25.0 Å². The molecule has 6 heteroatoms. The van der Waals surface area contributed by atoms with E-state index in [0.717, 1.165) is 78.3 Å².